The zero-order valence-electron chi connectivity index (χ0n) is 12.6. The van der Waals surface area contributed by atoms with Gasteiger partial charge in [-0.2, -0.15) is 0 Å². The highest BCUT2D eigenvalue weighted by molar-refractivity contribution is 5.82. The van der Waals surface area contributed by atoms with E-state index in [1.54, 1.807) is 13.2 Å². The molecule has 2 aromatic carbocycles. The van der Waals surface area contributed by atoms with Gasteiger partial charge in [0.25, 0.3) is 0 Å². The molecule has 0 spiro atoms. The quantitative estimate of drug-likeness (QED) is 0.835. The number of likely N-dealkylation sites (N-methyl/N-ethyl adjacent to an activating group) is 1. The van der Waals surface area contributed by atoms with Crippen LogP contribution in [0.15, 0.2) is 42.5 Å². The molecule has 0 aliphatic carbocycles. The summed E-state index contributed by atoms with van der Waals surface area (Å²) in [5.41, 5.74) is 2.96. The molecule has 1 heterocycles. The molecule has 0 aromatic heterocycles. The van der Waals surface area contributed by atoms with E-state index in [9.17, 15) is 8.78 Å². The number of hydrogen-bond donors (Lipinski definition) is 0. The Balaban J connectivity index is 2.18. The minimum absolute atomic E-state index is 0.293. The fraction of sp³-hybridized carbons (Fsp3) is 0.222. The van der Waals surface area contributed by atoms with E-state index in [1.807, 2.05) is 31.3 Å². The molecular weight excluding hydrogens is 284 g/mol. The van der Waals surface area contributed by atoms with Crippen molar-refractivity contribution < 1.29 is 13.5 Å². The molecule has 4 heteroatoms. The van der Waals surface area contributed by atoms with Gasteiger partial charge in [-0.05, 0) is 41.9 Å². The van der Waals surface area contributed by atoms with E-state index in [0.29, 0.717) is 12.1 Å². The summed E-state index contributed by atoms with van der Waals surface area (Å²) in [5.74, 6) is -0.876. The molecule has 1 aliphatic rings. The molecule has 0 bridgehead atoms. The zero-order valence-corrected chi connectivity index (χ0v) is 12.6. The Morgan fingerprint density at radius 3 is 2.68 bits per heavy atom. The van der Waals surface area contributed by atoms with E-state index in [2.05, 4.69) is 4.90 Å². The summed E-state index contributed by atoms with van der Waals surface area (Å²) in [5, 5.41) is 0. The number of rotatable bonds is 2. The molecule has 0 radical (unpaired) electrons. The maximum atomic E-state index is 14.2. The standard InChI is InChI=1S/C18H17F2NO/c1-21-9-8-15(16-4-3-5-17(19)18(16)20)14-7-6-13(22-2)10-12(14)11-21/h3-8,10H,9,11H2,1-2H3. The van der Waals surface area contributed by atoms with Gasteiger partial charge < -0.3 is 4.74 Å². The summed E-state index contributed by atoms with van der Waals surface area (Å²) in [7, 11) is 3.61. The molecule has 0 saturated heterocycles. The first kappa shape index (κ1) is 14.7. The molecule has 0 amide bonds. The Hall–Kier alpha value is -2.20. The van der Waals surface area contributed by atoms with Crippen molar-refractivity contribution in [2.75, 3.05) is 20.7 Å². The van der Waals surface area contributed by atoms with Crippen molar-refractivity contribution in [3.63, 3.8) is 0 Å². The maximum absolute atomic E-state index is 14.2. The van der Waals surface area contributed by atoms with Crippen molar-refractivity contribution in [1.29, 1.82) is 0 Å². The van der Waals surface area contributed by atoms with Crippen LogP contribution >= 0.6 is 0 Å². The Bertz CT molecular complexity index is 740. The van der Waals surface area contributed by atoms with Crippen LogP contribution in [-0.4, -0.2) is 25.6 Å². The van der Waals surface area contributed by atoms with Crippen LogP contribution in [0.4, 0.5) is 8.78 Å². The number of ether oxygens (including phenoxy) is 1. The second kappa shape index (κ2) is 5.89. The van der Waals surface area contributed by atoms with Gasteiger partial charge in [-0.15, -0.1) is 0 Å². The number of nitrogens with zero attached hydrogens (tertiary/aromatic N) is 1. The minimum atomic E-state index is -0.828. The molecule has 1 aliphatic heterocycles. The topological polar surface area (TPSA) is 12.5 Å². The normalized spacial score (nSPS) is 15.0. The van der Waals surface area contributed by atoms with E-state index in [0.717, 1.165) is 35.1 Å². The Kier molecular flexibility index (Phi) is 3.94. The summed E-state index contributed by atoms with van der Waals surface area (Å²) >= 11 is 0. The third kappa shape index (κ3) is 2.62. The Morgan fingerprint density at radius 1 is 1.09 bits per heavy atom. The highest BCUT2D eigenvalue weighted by Crippen LogP contribution is 2.33. The van der Waals surface area contributed by atoms with Crippen LogP contribution in [0.5, 0.6) is 5.75 Å². The van der Waals surface area contributed by atoms with Crippen molar-refractivity contribution in [2.24, 2.45) is 0 Å². The third-order valence-electron chi connectivity index (χ3n) is 3.89. The van der Waals surface area contributed by atoms with Crippen LogP contribution in [0, 0.1) is 11.6 Å². The summed E-state index contributed by atoms with van der Waals surface area (Å²) in [6.07, 6.45) is 1.94. The molecule has 0 N–H and O–H groups in total. The van der Waals surface area contributed by atoms with Gasteiger partial charge >= 0.3 is 0 Å². The lowest BCUT2D eigenvalue weighted by atomic mass is 9.93. The Labute approximate surface area is 128 Å². The average Bonchev–Trinajstić information content (AvgIpc) is 2.67. The molecular formula is C18H17F2NO. The minimum Gasteiger partial charge on any atom is -0.497 e. The molecule has 2 nitrogen and oxygen atoms in total. The van der Waals surface area contributed by atoms with Crippen LogP contribution < -0.4 is 4.74 Å². The van der Waals surface area contributed by atoms with Crippen LogP contribution in [0.25, 0.3) is 5.57 Å². The van der Waals surface area contributed by atoms with Crippen molar-refractivity contribution in [1.82, 2.24) is 4.90 Å². The van der Waals surface area contributed by atoms with Crippen molar-refractivity contribution in [2.45, 2.75) is 6.54 Å². The number of hydrogen-bond acceptors (Lipinski definition) is 2. The van der Waals surface area contributed by atoms with Gasteiger partial charge in [-0.3, -0.25) is 4.90 Å². The fourth-order valence-corrected chi connectivity index (χ4v) is 2.77. The lowest BCUT2D eigenvalue weighted by molar-refractivity contribution is 0.363. The summed E-state index contributed by atoms with van der Waals surface area (Å²) in [6.45, 7) is 1.39. The highest BCUT2D eigenvalue weighted by atomic mass is 19.2. The van der Waals surface area contributed by atoms with Gasteiger partial charge in [0.05, 0.1) is 7.11 Å². The van der Waals surface area contributed by atoms with Crippen LogP contribution in [0.2, 0.25) is 0 Å². The molecule has 22 heavy (non-hydrogen) atoms. The largest absolute Gasteiger partial charge is 0.497 e. The first-order valence-corrected chi connectivity index (χ1v) is 7.10. The number of fused-ring (bicyclic) bond motifs is 1. The molecule has 0 unspecified atom stereocenters. The van der Waals surface area contributed by atoms with Crippen LogP contribution in [0.3, 0.4) is 0 Å². The summed E-state index contributed by atoms with van der Waals surface area (Å²) in [4.78, 5) is 2.11. The molecule has 114 valence electrons. The molecule has 0 saturated carbocycles. The number of methoxy groups -OCH3 is 1. The first-order valence-electron chi connectivity index (χ1n) is 7.10. The lowest BCUT2D eigenvalue weighted by Crippen LogP contribution is -2.16. The number of halogens is 2. The van der Waals surface area contributed by atoms with Crippen LogP contribution in [0.1, 0.15) is 16.7 Å². The lowest BCUT2D eigenvalue weighted by Gasteiger charge is -2.15. The highest BCUT2D eigenvalue weighted by Gasteiger charge is 2.19. The molecule has 3 rings (SSSR count). The fourth-order valence-electron chi connectivity index (χ4n) is 2.77. The van der Waals surface area contributed by atoms with Crippen LogP contribution in [-0.2, 0) is 6.54 Å². The Morgan fingerprint density at radius 2 is 1.91 bits per heavy atom. The van der Waals surface area contributed by atoms with E-state index < -0.39 is 11.6 Å². The molecule has 0 fully saturated rings. The van der Waals surface area contributed by atoms with Gasteiger partial charge in [0, 0.05) is 18.7 Å². The van der Waals surface area contributed by atoms with Crippen molar-refractivity contribution >= 4 is 5.57 Å². The van der Waals surface area contributed by atoms with E-state index in [1.165, 1.54) is 6.07 Å². The monoisotopic (exact) mass is 301 g/mol. The first-order chi connectivity index (χ1) is 10.6. The van der Waals surface area contributed by atoms with Gasteiger partial charge in [0.2, 0.25) is 0 Å². The van der Waals surface area contributed by atoms with Gasteiger partial charge in [0.1, 0.15) is 5.75 Å². The predicted octanol–water partition coefficient (Wildman–Crippen LogP) is 3.85. The van der Waals surface area contributed by atoms with Gasteiger partial charge in [-0.25, -0.2) is 8.78 Å². The third-order valence-corrected chi connectivity index (χ3v) is 3.89. The SMILES string of the molecule is COc1ccc2c(c1)CN(C)CC=C2c1cccc(F)c1F. The number of benzene rings is 2. The van der Waals surface area contributed by atoms with E-state index in [-0.39, 0.29) is 0 Å². The van der Waals surface area contributed by atoms with E-state index in [4.69, 9.17) is 4.74 Å². The summed E-state index contributed by atoms with van der Waals surface area (Å²) in [6, 6.07) is 9.98. The second-order valence-electron chi connectivity index (χ2n) is 5.44. The predicted molar refractivity (Wildman–Crippen MR) is 82.8 cm³/mol. The smallest absolute Gasteiger partial charge is 0.166 e. The zero-order chi connectivity index (χ0) is 15.7. The molecule has 2 aromatic rings. The van der Waals surface area contributed by atoms with Crippen molar-refractivity contribution in [3.8, 4) is 5.75 Å². The molecule has 0 atom stereocenters. The second-order valence-corrected chi connectivity index (χ2v) is 5.44. The van der Waals surface area contributed by atoms with Gasteiger partial charge in [0.15, 0.2) is 11.6 Å². The van der Waals surface area contributed by atoms with Crippen molar-refractivity contribution in [3.05, 3.63) is 70.8 Å². The summed E-state index contributed by atoms with van der Waals surface area (Å²) < 4.78 is 33.0. The average molecular weight is 301 g/mol. The van der Waals surface area contributed by atoms with Gasteiger partial charge in [-0.1, -0.05) is 24.3 Å². The maximum Gasteiger partial charge on any atom is 0.166 e. The van der Waals surface area contributed by atoms with E-state index >= 15 is 0 Å².